The fourth-order valence-corrected chi connectivity index (χ4v) is 4.82. The van der Waals surface area contributed by atoms with Crippen LogP contribution < -0.4 is 15.4 Å². The number of carbonyl (C=O) groups is 1. The second-order valence-electron chi connectivity index (χ2n) is 9.45. The van der Waals surface area contributed by atoms with Gasteiger partial charge in [-0.25, -0.2) is 4.98 Å². The van der Waals surface area contributed by atoms with Gasteiger partial charge in [0, 0.05) is 29.7 Å². The van der Waals surface area contributed by atoms with E-state index in [0.29, 0.717) is 18.2 Å². The molecule has 0 unspecified atom stereocenters. The highest BCUT2D eigenvalue weighted by Gasteiger charge is 2.14. The number of fused-ring (bicyclic) bond motifs is 2. The first-order valence-corrected chi connectivity index (χ1v) is 13.1. The molecule has 3 heterocycles. The predicted octanol–water partition coefficient (Wildman–Crippen LogP) is 5.62. The van der Waals surface area contributed by atoms with Crippen LogP contribution in [-0.4, -0.2) is 39.3 Å². The molecule has 0 aliphatic heterocycles. The molecule has 0 radical (unpaired) electrons. The van der Waals surface area contributed by atoms with Gasteiger partial charge in [0.1, 0.15) is 11.6 Å². The number of nitrogens with one attached hydrogen (secondary N) is 2. The lowest BCUT2D eigenvalue weighted by Crippen LogP contribution is -2.27. The maximum atomic E-state index is 12.8. The largest absolute Gasteiger partial charge is 0.497 e. The van der Waals surface area contributed by atoms with E-state index in [9.17, 15) is 4.79 Å². The molecule has 8 heteroatoms. The molecule has 40 heavy (non-hydrogen) atoms. The summed E-state index contributed by atoms with van der Waals surface area (Å²) in [5.74, 6) is 2.79. The van der Waals surface area contributed by atoms with Crippen molar-refractivity contribution in [1.29, 1.82) is 0 Å². The molecule has 0 saturated heterocycles. The second kappa shape index (κ2) is 11.2. The molecule has 6 rings (SSSR count). The molecule has 2 N–H and O–H groups in total. The molecule has 0 bridgehead atoms. The van der Waals surface area contributed by atoms with Crippen molar-refractivity contribution < 1.29 is 9.53 Å². The molecule has 0 spiro atoms. The van der Waals surface area contributed by atoms with Gasteiger partial charge in [-0.2, -0.15) is 0 Å². The Morgan fingerprint density at radius 3 is 2.48 bits per heavy atom. The minimum Gasteiger partial charge on any atom is -0.497 e. The maximum Gasteiger partial charge on any atom is 0.224 e. The Balaban J connectivity index is 1.16. The summed E-state index contributed by atoms with van der Waals surface area (Å²) < 4.78 is 7.18. The molecule has 6 aromatic rings. The highest BCUT2D eigenvalue weighted by molar-refractivity contribution is 5.93. The highest BCUT2D eigenvalue weighted by atomic mass is 16.5. The number of methoxy groups -OCH3 is 1. The fraction of sp³-hybridized carbons (Fsp3) is 0.125. The lowest BCUT2D eigenvalue weighted by atomic mass is 10.1. The average molecular weight is 529 g/mol. The number of para-hydroxylation sites is 1. The van der Waals surface area contributed by atoms with Crippen LogP contribution in [0.4, 0.5) is 11.6 Å². The summed E-state index contributed by atoms with van der Waals surface area (Å²) in [6.45, 7) is 0.565. The standard InChI is InChI=1S/C32H28N6O2/c1-40-25-12-10-22(11-13-25)16-18-33-31(39)20-24-21-38(28-9-5-4-7-26(24)28)30-15-14-29(36-37-30)35-32-27-8-3-2-6-23(27)17-19-34-32/h2-15,17,19,21H,16,18,20H2,1H3,(H,33,39)(H,34,35,36). The van der Waals surface area contributed by atoms with Gasteiger partial charge in [-0.15, -0.1) is 10.2 Å². The quantitative estimate of drug-likeness (QED) is 0.253. The van der Waals surface area contributed by atoms with Gasteiger partial charge in [0.25, 0.3) is 0 Å². The average Bonchev–Trinajstić information content (AvgIpc) is 3.36. The van der Waals surface area contributed by atoms with Crippen molar-refractivity contribution in [3.8, 4) is 11.6 Å². The van der Waals surface area contributed by atoms with Gasteiger partial charge >= 0.3 is 0 Å². The van der Waals surface area contributed by atoms with Crippen LogP contribution in [0, 0.1) is 0 Å². The van der Waals surface area contributed by atoms with E-state index in [1.807, 2.05) is 102 Å². The number of rotatable bonds is 9. The number of hydrogen-bond donors (Lipinski definition) is 2. The molecule has 1 amide bonds. The SMILES string of the molecule is COc1ccc(CCNC(=O)Cc2cn(-c3ccc(Nc4nccc5ccccc45)nn3)c3ccccc23)cc1. The van der Waals surface area contributed by atoms with E-state index in [1.54, 1.807) is 13.3 Å². The molecule has 3 aromatic carbocycles. The van der Waals surface area contributed by atoms with E-state index in [2.05, 4.69) is 25.8 Å². The van der Waals surface area contributed by atoms with E-state index in [-0.39, 0.29) is 12.3 Å². The normalized spacial score (nSPS) is 11.0. The molecule has 0 aliphatic carbocycles. The smallest absolute Gasteiger partial charge is 0.224 e. The van der Waals surface area contributed by atoms with Crippen LogP contribution in [-0.2, 0) is 17.6 Å². The molecule has 8 nitrogen and oxygen atoms in total. The lowest BCUT2D eigenvalue weighted by Gasteiger charge is -2.08. The van der Waals surface area contributed by atoms with Gasteiger partial charge in [-0.3, -0.25) is 9.36 Å². The van der Waals surface area contributed by atoms with E-state index in [1.165, 1.54) is 0 Å². The summed E-state index contributed by atoms with van der Waals surface area (Å²) in [6, 6.07) is 29.7. The van der Waals surface area contributed by atoms with Crippen LogP contribution in [0.5, 0.6) is 5.75 Å². The minimum absolute atomic E-state index is 0.0235. The van der Waals surface area contributed by atoms with Gasteiger partial charge in [0.05, 0.1) is 19.0 Å². The summed E-state index contributed by atoms with van der Waals surface area (Å²) >= 11 is 0. The van der Waals surface area contributed by atoms with Crippen molar-refractivity contribution >= 4 is 39.2 Å². The van der Waals surface area contributed by atoms with Crippen LogP contribution >= 0.6 is 0 Å². The second-order valence-corrected chi connectivity index (χ2v) is 9.45. The summed E-state index contributed by atoms with van der Waals surface area (Å²) in [5.41, 5.74) is 3.04. The molecule has 0 saturated carbocycles. The number of anilines is 2. The summed E-state index contributed by atoms with van der Waals surface area (Å²) in [5, 5.41) is 18.3. The number of nitrogens with zero attached hydrogens (tertiary/aromatic N) is 4. The molecular weight excluding hydrogens is 500 g/mol. The number of benzene rings is 3. The Hall–Kier alpha value is -5.24. The topological polar surface area (TPSA) is 94.0 Å². The molecule has 0 fully saturated rings. The van der Waals surface area contributed by atoms with Crippen LogP contribution in [0.2, 0.25) is 0 Å². The summed E-state index contributed by atoms with van der Waals surface area (Å²) in [4.78, 5) is 17.3. The lowest BCUT2D eigenvalue weighted by molar-refractivity contribution is -0.120. The Morgan fingerprint density at radius 2 is 1.68 bits per heavy atom. The van der Waals surface area contributed by atoms with Crippen molar-refractivity contribution in [2.24, 2.45) is 0 Å². The van der Waals surface area contributed by atoms with Crippen LogP contribution in [0.15, 0.2) is 103 Å². The van der Waals surface area contributed by atoms with E-state index < -0.39 is 0 Å². The third-order valence-electron chi connectivity index (χ3n) is 6.86. The fourth-order valence-electron chi connectivity index (χ4n) is 4.82. The van der Waals surface area contributed by atoms with Gasteiger partial charge in [-0.05, 0) is 59.3 Å². The zero-order valence-corrected chi connectivity index (χ0v) is 22.0. The van der Waals surface area contributed by atoms with Crippen molar-refractivity contribution in [2.45, 2.75) is 12.8 Å². The van der Waals surface area contributed by atoms with Gasteiger partial charge in [0.2, 0.25) is 5.91 Å². The third kappa shape index (κ3) is 5.33. The first kappa shape index (κ1) is 25.1. The Labute approximate surface area is 231 Å². The van der Waals surface area contributed by atoms with Crippen molar-refractivity contribution in [1.82, 2.24) is 25.1 Å². The van der Waals surface area contributed by atoms with Crippen molar-refractivity contribution in [3.63, 3.8) is 0 Å². The number of aromatic nitrogens is 4. The number of ether oxygens (including phenoxy) is 1. The van der Waals surface area contributed by atoms with Crippen molar-refractivity contribution in [3.05, 3.63) is 115 Å². The zero-order chi connectivity index (χ0) is 27.3. The van der Waals surface area contributed by atoms with E-state index >= 15 is 0 Å². The van der Waals surface area contributed by atoms with Gasteiger partial charge < -0.3 is 15.4 Å². The highest BCUT2D eigenvalue weighted by Crippen LogP contribution is 2.26. The van der Waals surface area contributed by atoms with E-state index in [0.717, 1.165) is 50.8 Å². The van der Waals surface area contributed by atoms with Gasteiger partial charge in [-0.1, -0.05) is 54.6 Å². The Bertz CT molecular complexity index is 1770. The van der Waals surface area contributed by atoms with Crippen LogP contribution in [0.25, 0.3) is 27.5 Å². The van der Waals surface area contributed by atoms with Crippen molar-refractivity contribution in [2.75, 3.05) is 19.0 Å². The number of carbonyl (C=O) groups excluding carboxylic acids is 1. The zero-order valence-electron chi connectivity index (χ0n) is 22.0. The first-order valence-electron chi connectivity index (χ1n) is 13.1. The monoisotopic (exact) mass is 528 g/mol. The number of hydrogen-bond acceptors (Lipinski definition) is 6. The summed E-state index contributed by atoms with van der Waals surface area (Å²) in [7, 11) is 1.65. The predicted molar refractivity (Wildman–Crippen MR) is 157 cm³/mol. The number of amides is 1. The molecular formula is C32H28N6O2. The third-order valence-corrected chi connectivity index (χ3v) is 6.86. The molecule has 0 atom stereocenters. The molecule has 198 valence electrons. The maximum absolute atomic E-state index is 12.8. The van der Waals surface area contributed by atoms with Gasteiger partial charge in [0.15, 0.2) is 11.6 Å². The minimum atomic E-state index is -0.0235. The van der Waals surface area contributed by atoms with Crippen LogP contribution in [0.3, 0.4) is 0 Å². The molecule has 3 aromatic heterocycles. The van der Waals surface area contributed by atoms with E-state index in [4.69, 9.17) is 4.74 Å². The Kier molecular flexibility index (Phi) is 7.05. The summed E-state index contributed by atoms with van der Waals surface area (Å²) in [6.07, 6.45) is 4.77. The first-order chi connectivity index (χ1) is 19.7. The van der Waals surface area contributed by atoms with Crippen LogP contribution in [0.1, 0.15) is 11.1 Å². The number of pyridine rings is 1. The molecule has 0 aliphatic rings. The Morgan fingerprint density at radius 1 is 0.875 bits per heavy atom.